The SMILES string of the molecule is Cc1ccc(C(=O)NN2C(=O)/C(=C\c3ccc(Cl)cc3)SC2=S)cc1. The standard InChI is InChI=1S/C18H13ClN2O2S2/c1-11-2-6-13(7-3-11)16(22)20-21-17(23)15(25-18(21)24)10-12-4-8-14(19)9-5-12/h2-10H,1H3,(H,20,22)/b15-10+. The highest BCUT2D eigenvalue weighted by Crippen LogP contribution is 2.31. The molecular weight excluding hydrogens is 376 g/mol. The van der Waals surface area contributed by atoms with Gasteiger partial charge >= 0.3 is 0 Å². The van der Waals surface area contributed by atoms with Gasteiger partial charge in [0.25, 0.3) is 11.8 Å². The van der Waals surface area contributed by atoms with Crippen LogP contribution in [0, 0.1) is 6.92 Å². The summed E-state index contributed by atoms with van der Waals surface area (Å²) in [4.78, 5) is 25.3. The molecule has 0 spiro atoms. The lowest BCUT2D eigenvalue weighted by Gasteiger charge is -2.15. The summed E-state index contributed by atoms with van der Waals surface area (Å²) in [7, 11) is 0. The first-order valence-electron chi connectivity index (χ1n) is 7.35. The van der Waals surface area contributed by atoms with Gasteiger partial charge in [-0.15, -0.1) is 0 Å². The smallest absolute Gasteiger partial charge is 0.267 e. The number of carbonyl (C=O) groups is 2. The van der Waals surface area contributed by atoms with Gasteiger partial charge in [0.2, 0.25) is 0 Å². The summed E-state index contributed by atoms with van der Waals surface area (Å²) in [5.74, 6) is -0.741. The minimum atomic E-state index is -0.385. The van der Waals surface area contributed by atoms with E-state index in [-0.39, 0.29) is 16.1 Å². The lowest BCUT2D eigenvalue weighted by atomic mass is 10.1. The Hall–Kier alpha value is -2.15. The average Bonchev–Trinajstić information content (AvgIpc) is 2.85. The Balaban J connectivity index is 1.76. The third-order valence-corrected chi connectivity index (χ3v) is 5.04. The number of carbonyl (C=O) groups excluding carboxylic acids is 2. The summed E-state index contributed by atoms with van der Waals surface area (Å²) < 4.78 is 0.283. The summed E-state index contributed by atoms with van der Waals surface area (Å²) in [6.07, 6.45) is 1.72. The second-order valence-corrected chi connectivity index (χ2v) is 7.49. The number of thiocarbonyl (C=S) groups is 1. The van der Waals surface area contributed by atoms with Gasteiger partial charge in [-0.2, -0.15) is 5.01 Å². The van der Waals surface area contributed by atoms with Crippen LogP contribution in [0.15, 0.2) is 53.4 Å². The fraction of sp³-hybridized carbons (Fsp3) is 0.0556. The van der Waals surface area contributed by atoms with Crippen molar-refractivity contribution in [3.8, 4) is 0 Å². The van der Waals surface area contributed by atoms with Crippen molar-refractivity contribution in [3.05, 3.63) is 75.1 Å². The number of hydrazine groups is 1. The zero-order valence-corrected chi connectivity index (χ0v) is 15.5. The van der Waals surface area contributed by atoms with Gasteiger partial charge in [0.05, 0.1) is 4.91 Å². The Kier molecular flexibility index (Phi) is 5.22. The molecule has 25 heavy (non-hydrogen) atoms. The Bertz CT molecular complexity index is 877. The van der Waals surface area contributed by atoms with Crippen molar-refractivity contribution in [2.24, 2.45) is 0 Å². The van der Waals surface area contributed by atoms with E-state index in [0.717, 1.165) is 27.9 Å². The van der Waals surface area contributed by atoms with E-state index in [1.54, 1.807) is 42.5 Å². The van der Waals surface area contributed by atoms with Gasteiger partial charge in [0.1, 0.15) is 0 Å². The lowest BCUT2D eigenvalue weighted by molar-refractivity contribution is -0.123. The number of thioether (sulfide) groups is 1. The van der Waals surface area contributed by atoms with E-state index in [9.17, 15) is 9.59 Å². The molecule has 0 bridgehead atoms. The van der Waals surface area contributed by atoms with Gasteiger partial charge in [0.15, 0.2) is 4.32 Å². The number of amides is 2. The third kappa shape index (κ3) is 4.10. The van der Waals surface area contributed by atoms with Gasteiger partial charge in [-0.25, -0.2) is 0 Å². The van der Waals surface area contributed by atoms with E-state index in [1.165, 1.54) is 0 Å². The predicted molar refractivity (Wildman–Crippen MR) is 105 cm³/mol. The highest BCUT2D eigenvalue weighted by molar-refractivity contribution is 8.26. The molecule has 2 aromatic rings. The van der Waals surface area contributed by atoms with Crippen molar-refractivity contribution in [1.29, 1.82) is 0 Å². The largest absolute Gasteiger partial charge is 0.285 e. The molecule has 2 aromatic carbocycles. The molecule has 0 aliphatic carbocycles. The highest BCUT2D eigenvalue weighted by atomic mass is 35.5. The van der Waals surface area contributed by atoms with Gasteiger partial charge in [-0.05, 0) is 55.0 Å². The molecule has 1 fully saturated rings. The molecule has 0 radical (unpaired) electrons. The number of aryl methyl sites for hydroxylation is 1. The van der Waals surface area contributed by atoms with Crippen molar-refractivity contribution < 1.29 is 9.59 Å². The van der Waals surface area contributed by atoms with Gasteiger partial charge in [0, 0.05) is 10.6 Å². The van der Waals surface area contributed by atoms with Gasteiger partial charge in [-0.3, -0.25) is 15.0 Å². The summed E-state index contributed by atoms with van der Waals surface area (Å²) in [5, 5.41) is 1.72. The molecule has 2 amide bonds. The van der Waals surface area contributed by atoms with Crippen LogP contribution in [0.1, 0.15) is 21.5 Å². The van der Waals surface area contributed by atoms with Crippen LogP contribution in [-0.2, 0) is 4.79 Å². The number of halogens is 1. The number of hydrogen-bond acceptors (Lipinski definition) is 4. The van der Waals surface area contributed by atoms with Crippen molar-refractivity contribution in [2.45, 2.75) is 6.92 Å². The van der Waals surface area contributed by atoms with Crippen LogP contribution in [0.4, 0.5) is 0 Å². The van der Waals surface area contributed by atoms with Crippen molar-refractivity contribution in [3.63, 3.8) is 0 Å². The first kappa shape index (κ1) is 17.7. The van der Waals surface area contributed by atoms with E-state index >= 15 is 0 Å². The van der Waals surface area contributed by atoms with Crippen LogP contribution in [0.5, 0.6) is 0 Å². The molecular formula is C18H13ClN2O2S2. The second-order valence-electron chi connectivity index (χ2n) is 5.38. The van der Waals surface area contributed by atoms with Gasteiger partial charge in [-0.1, -0.05) is 53.2 Å². The van der Waals surface area contributed by atoms with E-state index < -0.39 is 0 Å². The maximum absolute atomic E-state index is 12.5. The second kappa shape index (κ2) is 7.39. The van der Waals surface area contributed by atoms with Crippen molar-refractivity contribution in [1.82, 2.24) is 10.4 Å². The molecule has 1 aliphatic heterocycles. The Morgan fingerprint density at radius 1 is 1.16 bits per heavy atom. The number of rotatable bonds is 3. The molecule has 7 heteroatoms. The maximum atomic E-state index is 12.5. The molecule has 126 valence electrons. The van der Waals surface area contributed by atoms with E-state index in [4.69, 9.17) is 23.8 Å². The summed E-state index contributed by atoms with van der Waals surface area (Å²) in [6, 6.07) is 14.2. The number of hydrogen-bond donors (Lipinski definition) is 1. The van der Waals surface area contributed by atoms with Crippen LogP contribution < -0.4 is 5.43 Å². The molecule has 0 unspecified atom stereocenters. The van der Waals surface area contributed by atoms with Crippen molar-refractivity contribution >= 4 is 57.8 Å². The molecule has 0 atom stereocenters. The molecule has 3 rings (SSSR count). The minimum Gasteiger partial charge on any atom is -0.267 e. The van der Waals surface area contributed by atoms with E-state index in [0.29, 0.717) is 15.5 Å². The molecule has 0 saturated carbocycles. The third-order valence-electron chi connectivity index (χ3n) is 3.49. The number of benzene rings is 2. The molecule has 1 heterocycles. The van der Waals surface area contributed by atoms with Crippen LogP contribution >= 0.6 is 35.6 Å². The number of nitrogens with one attached hydrogen (secondary N) is 1. The van der Waals surface area contributed by atoms with E-state index in [1.807, 2.05) is 19.1 Å². The summed E-state index contributed by atoms with van der Waals surface area (Å²) in [5.41, 5.74) is 4.90. The quantitative estimate of drug-likeness (QED) is 0.632. The normalized spacial score (nSPS) is 15.8. The predicted octanol–water partition coefficient (Wildman–Crippen LogP) is 4.19. The molecule has 1 aliphatic rings. The fourth-order valence-corrected chi connectivity index (χ4v) is 3.45. The minimum absolute atomic E-state index is 0.283. The maximum Gasteiger partial charge on any atom is 0.285 e. The average molecular weight is 389 g/mol. The zero-order valence-electron chi connectivity index (χ0n) is 13.2. The first-order valence-corrected chi connectivity index (χ1v) is 8.95. The Morgan fingerprint density at radius 3 is 2.44 bits per heavy atom. The van der Waals surface area contributed by atoms with E-state index in [2.05, 4.69) is 5.43 Å². The molecule has 1 N–H and O–H groups in total. The van der Waals surface area contributed by atoms with Gasteiger partial charge < -0.3 is 0 Å². The summed E-state index contributed by atoms with van der Waals surface area (Å²) in [6.45, 7) is 1.94. The summed E-state index contributed by atoms with van der Waals surface area (Å²) >= 11 is 12.2. The molecule has 1 saturated heterocycles. The fourth-order valence-electron chi connectivity index (χ4n) is 2.15. The first-order chi connectivity index (χ1) is 11.9. The molecule has 0 aromatic heterocycles. The van der Waals surface area contributed by atoms with Crippen LogP contribution in [0.2, 0.25) is 5.02 Å². The molecule has 4 nitrogen and oxygen atoms in total. The Labute approximate surface area is 159 Å². The lowest BCUT2D eigenvalue weighted by Crippen LogP contribution is -2.44. The topological polar surface area (TPSA) is 49.4 Å². The number of nitrogens with zero attached hydrogens (tertiary/aromatic N) is 1. The van der Waals surface area contributed by atoms with Crippen LogP contribution in [0.3, 0.4) is 0 Å². The van der Waals surface area contributed by atoms with Crippen molar-refractivity contribution in [2.75, 3.05) is 0 Å². The highest BCUT2D eigenvalue weighted by Gasteiger charge is 2.33. The monoisotopic (exact) mass is 388 g/mol. The van der Waals surface area contributed by atoms with Crippen LogP contribution in [-0.4, -0.2) is 21.1 Å². The van der Waals surface area contributed by atoms with Crippen LogP contribution in [0.25, 0.3) is 6.08 Å². The zero-order chi connectivity index (χ0) is 18.0. The Morgan fingerprint density at radius 2 is 1.80 bits per heavy atom.